The Bertz CT molecular complexity index is 1450. The molecule has 1 aliphatic carbocycles. The van der Waals surface area contributed by atoms with Crippen LogP contribution < -0.4 is 16.8 Å². The summed E-state index contributed by atoms with van der Waals surface area (Å²) in [6.45, 7) is 1.90. The highest BCUT2D eigenvalue weighted by atomic mass is 16.4. The van der Waals surface area contributed by atoms with E-state index in [4.69, 9.17) is 15.4 Å². The second-order valence-electron chi connectivity index (χ2n) is 7.43. The number of nitrogens with one attached hydrogen (secondary N) is 2. The number of nitriles is 1. The van der Waals surface area contributed by atoms with Crippen molar-refractivity contribution in [3.8, 4) is 17.3 Å². The molecule has 0 spiro atoms. The maximum atomic E-state index is 12.2. The highest BCUT2D eigenvalue weighted by Crippen LogP contribution is 2.38. The third-order valence-electron chi connectivity index (χ3n) is 5.33. The minimum absolute atomic E-state index is 0.209. The lowest BCUT2D eigenvalue weighted by Crippen LogP contribution is -2.15. The molecule has 1 aromatic carbocycles. The van der Waals surface area contributed by atoms with Crippen molar-refractivity contribution in [3.05, 3.63) is 46.6 Å². The third-order valence-corrected chi connectivity index (χ3v) is 5.33. The maximum Gasteiger partial charge on any atom is 0.417 e. The predicted molar refractivity (Wildman–Crippen MR) is 110 cm³/mol. The number of anilines is 2. The summed E-state index contributed by atoms with van der Waals surface area (Å²) < 4.78 is 5.16. The number of aromatic amines is 1. The van der Waals surface area contributed by atoms with Gasteiger partial charge >= 0.3 is 5.76 Å². The summed E-state index contributed by atoms with van der Waals surface area (Å²) in [5.74, 6) is -0.543. The number of hydrogen-bond acceptors (Lipinski definition) is 7. The molecule has 148 valence electrons. The van der Waals surface area contributed by atoms with E-state index in [2.05, 4.69) is 26.3 Å². The van der Waals surface area contributed by atoms with Gasteiger partial charge in [0.25, 0.3) is 0 Å². The van der Waals surface area contributed by atoms with Gasteiger partial charge in [-0.15, -0.1) is 0 Å². The van der Waals surface area contributed by atoms with Crippen molar-refractivity contribution in [2.24, 2.45) is 11.8 Å². The molecule has 5 rings (SSSR count). The largest absolute Gasteiger partial charge is 0.417 e. The van der Waals surface area contributed by atoms with Crippen LogP contribution >= 0.6 is 0 Å². The fraction of sp³-hybridized carbons (Fsp3) is 0.190. The monoisotopic (exact) mass is 400 g/mol. The Hall–Kier alpha value is -4.19. The molecule has 1 fully saturated rings. The van der Waals surface area contributed by atoms with Crippen molar-refractivity contribution in [2.45, 2.75) is 13.3 Å². The Balaban J connectivity index is 1.55. The highest BCUT2D eigenvalue weighted by molar-refractivity contribution is 5.99. The summed E-state index contributed by atoms with van der Waals surface area (Å²) in [6, 6.07) is 9.23. The van der Waals surface area contributed by atoms with Gasteiger partial charge in [0.2, 0.25) is 5.91 Å². The number of fused-ring (bicyclic) bond motifs is 2. The van der Waals surface area contributed by atoms with Gasteiger partial charge in [-0.05, 0) is 48.6 Å². The minimum Gasteiger partial charge on any atom is -0.408 e. The summed E-state index contributed by atoms with van der Waals surface area (Å²) in [5, 5.41) is 13.1. The minimum atomic E-state index is -0.520. The van der Waals surface area contributed by atoms with E-state index in [9.17, 15) is 9.59 Å². The molecule has 1 aliphatic rings. The van der Waals surface area contributed by atoms with E-state index in [0.717, 1.165) is 16.5 Å². The number of oxazole rings is 1. The van der Waals surface area contributed by atoms with Crippen LogP contribution in [0, 0.1) is 30.1 Å². The van der Waals surface area contributed by atoms with Crippen molar-refractivity contribution in [1.29, 1.82) is 5.26 Å². The molecule has 1 amide bonds. The smallest absolute Gasteiger partial charge is 0.408 e. The number of rotatable bonds is 3. The first-order valence-electron chi connectivity index (χ1n) is 9.33. The van der Waals surface area contributed by atoms with Gasteiger partial charge in [-0.3, -0.25) is 9.78 Å². The molecule has 4 N–H and O–H groups in total. The standard InChI is InChI=1S/C21H16N6O3/c1-9-2-16-17(30-21(29)26-16)6-12(9)15-4-10-5-18(24-8-14(10)19(23)25-15)27-20(28)13-3-11(13)7-22/h2,4-6,8,11,13H,3H2,1H3,(H2,23,25)(H,26,29)(H,24,27,28)/t11-,13?/m1/s1. The van der Waals surface area contributed by atoms with Crippen LogP contribution in [-0.2, 0) is 4.79 Å². The molecule has 0 aliphatic heterocycles. The zero-order valence-corrected chi connectivity index (χ0v) is 15.9. The molecule has 0 saturated heterocycles. The topological polar surface area (TPSA) is 151 Å². The molecule has 1 saturated carbocycles. The van der Waals surface area contributed by atoms with Crippen LogP contribution in [-0.4, -0.2) is 20.9 Å². The van der Waals surface area contributed by atoms with E-state index in [1.165, 1.54) is 0 Å². The second kappa shape index (κ2) is 6.42. The van der Waals surface area contributed by atoms with Gasteiger partial charge in [-0.25, -0.2) is 14.8 Å². The zero-order chi connectivity index (χ0) is 21.0. The molecule has 0 bridgehead atoms. The Morgan fingerprint density at radius 3 is 2.97 bits per heavy atom. The first kappa shape index (κ1) is 17.9. The predicted octanol–water partition coefficient (Wildman–Crippen LogP) is 2.72. The maximum absolute atomic E-state index is 12.2. The summed E-state index contributed by atoms with van der Waals surface area (Å²) in [4.78, 5) is 35.1. The highest BCUT2D eigenvalue weighted by Gasteiger charge is 2.43. The number of carbonyl (C=O) groups is 1. The Morgan fingerprint density at radius 2 is 2.20 bits per heavy atom. The van der Waals surface area contributed by atoms with Crippen LogP contribution in [0.2, 0.25) is 0 Å². The van der Waals surface area contributed by atoms with Gasteiger partial charge in [-0.1, -0.05) is 0 Å². The fourth-order valence-electron chi connectivity index (χ4n) is 3.61. The molecular formula is C21H16N6O3. The summed E-state index contributed by atoms with van der Waals surface area (Å²) >= 11 is 0. The number of aryl methyl sites for hydroxylation is 1. The van der Waals surface area contributed by atoms with Crippen LogP contribution in [0.3, 0.4) is 0 Å². The number of nitrogen functional groups attached to an aromatic ring is 1. The molecule has 9 heteroatoms. The fourth-order valence-corrected chi connectivity index (χ4v) is 3.61. The number of benzene rings is 1. The van der Waals surface area contributed by atoms with Crippen molar-refractivity contribution >= 4 is 39.4 Å². The Morgan fingerprint density at radius 1 is 1.37 bits per heavy atom. The van der Waals surface area contributed by atoms with Crippen molar-refractivity contribution in [3.63, 3.8) is 0 Å². The molecule has 30 heavy (non-hydrogen) atoms. The van der Waals surface area contributed by atoms with Crippen molar-refractivity contribution < 1.29 is 9.21 Å². The van der Waals surface area contributed by atoms with E-state index in [1.54, 1.807) is 18.3 Å². The summed E-state index contributed by atoms with van der Waals surface area (Å²) in [5.41, 5.74) is 9.47. The quantitative estimate of drug-likeness (QED) is 0.478. The lowest BCUT2D eigenvalue weighted by molar-refractivity contribution is -0.117. The SMILES string of the molecule is Cc1cc2[nH]c(=O)oc2cc1-c1cc2cc(NC(=O)C3C[C@@H]3C#N)ncc2c(N)n1. The van der Waals surface area contributed by atoms with Gasteiger partial charge < -0.3 is 15.5 Å². The third kappa shape index (κ3) is 2.95. The molecule has 9 nitrogen and oxygen atoms in total. The van der Waals surface area contributed by atoms with Crippen LogP contribution in [0.5, 0.6) is 0 Å². The van der Waals surface area contributed by atoms with E-state index in [1.807, 2.05) is 19.1 Å². The van der Waals surface area contributed by atoms with Gasteiger partial charge in [0.1, 0.15) is 11.6 Å². The van der Waals surface area contributed by atoms with Crippen LogP contribution in [0.15, 0.2) is 39.7 Å². The van der Waals surface area contributed by atoms with Gasteiger partial charge in [0.05, 0.1) is 29.1 Å². The lowest BCUT2D eigenvalue weighted by atomic mass is 10.0. The molecule has 1 unspecified atom stereocenters. The molecule has 3 heterocycles. The number of nitrogens with two attached hydrogens (primary N) is 1. The van der Waals surface area contributed by atoms with E-state index in [0.29, 0.717) is 40.2 Å². The Labute approximate surface area is 169 Å². The normalized spacial score (nSPS) is 17.7. The number of nitrogens with zero attached hydrogens (tertiary/aromatic N) is 3. The van der Waals surface area contributed by atoms with E-state index >= 15 is 0 Å². The van der Waals surface area contributed by atoms with E-state index in [-0.39, 0.29) is 17.7 Å². The number of carbonyl (C=O) groups excluding carboxylic acids is 1. The van der Waals surface area contributed by atoms with Crippen LogP contribution in [0.25, 0.3) is 33.1 Å². The first-order valence-corrected chi connectivity index (χ1v) is 9.33. The van der Waals surface area contributed by atoms with E-state index < -0.39 is 5.76 Å². The second-order valence-corrected chi connectivity index (χ2v) is 7.43. The number of hydrogen-bond donors (Lipinski definition) is 3. The molecule has 3 aromatic heterocycles. The van der Waals surface area contributed by atoms with Gasteiger partial charge in [0, 0.05) is 17.1 Å². The molecule has 4 aromatic rings. The molecule has 0 radical (unpaired) electrons. The van der Waals surface area contributed by atoms with Gasteiger partial charge in [0.15, 0.2) is 5.58 Å². The van der Waals surface area contributed by atoms with Gasteiger partial charge in [-0.2, -0.15) is 5.26 Å². The molecule has 2 atom stereocenters. The average molecular weight is 400 g/mol. The van der Waals surface area contributed by atoms with Crippen LogP contribution in [0.1, 0.15) is 12.0 Å². The number of H-pyrrole nitrogens is 1. The van der Waals surface area contributed by atoms with Crippen LogP contribution in [0.4, 0.5) is 11.6 Å². The number of aromatic nitrogens is 3. The summed E-state index contributed by atoms with van der Waals surface area (Å²) in [7, 11) is 0. The van der Waals surface area contributed by atoms with Crippen molar-refractivity contribution in [1.82, 2.24) is 15.0 Å². The molecular weight excluding hydrogens is 384 g/mol. The first-order chi connectivity index (χ1) is 14.4. The number of pyridine rings is 2. The number of amides is 1. The van der Waals surface area contributed by atoms with Crippen molar-refractivity contribution in [2.75, 3.05) is 11.1 Å². The Kier molecular flexibility index (Phi) is 3.83. The zero-order valence-electron chi connectivity index (χ0n) is 15.9. The summed E-state index contributed by atoms with van der Waals surface area (Å²) in [6.07, 6.45) is 2.14. The average Bonchev–Trinajstić information content (AvgIpc) is 3.41. The lowest BCUT2D eigenvalue weighted by Gasteiger charge is -2.10.